The van der Waals surface area contributed by atoms with E-state index in [9.17, 15) is 19.3 Å². The van der Waals surface area contributed by atoms with Crippen molar-refractivity contribution in [1.29, 1.82) is 0 Å². The van der Waals surface area contributed by atoms with Gasteiger partial charge in [0.2, 0.25) is 0 Å². The van der Waals surface area contributed by atoms with Gasteiger partial charge in [-0.25, -0.2) is 4.39 Å². The molecule has 114 valence electrons. The molecule has 0 aliphatic heterocycles. The molecule has 0 aromatic heterocycles. The Bertz CT molecular complexity index is 750. The number of hydrogen-bond donors (Lipinski definition) is 1. The van der Waals surface area contributed by atoms with Crippen LogP contribution in [0.2, 0.25) is 5.02 Å². The fraction of sp³-hybridized carbons (Fsp3) is 0.133. The van der Waals surface area contributed by atoms with E-state index in [-0.39, 0.29) is 16.1 Å². The van der Waals surface area contributed by atoms with Crippen molar-refractivity contribution in [3.63, 3.8) is 0 Å². The summed E-state index contributed by atoms with van der Waals surface area (Å²) in [5.41, 5.74) is 0.827. The Kier molecular flexibility index (Phi) is 4.72. The first kappa shape index (κ1) is 15.9. The average molecular weight is 323 g/mol. The molecule has 22 heavy (non-hydrogen) atoms. The van der Waals surface area contributed by atoms with Crippen molar-refractivity contribution in [3.8, 4) is 0 Å². The van der Waals surface area contributed by atoms with E-state index in [0.29, 0.717) is 5.69 Å². The minimum atomic E-state index is -0.950. The van der Waals surface area contributed by atoms with Gasteiger partial charge in [-0.2, -0.15) is 0 Å². The molecule has 7 heteroatoms. The second-order valence-corrected chi connectivity index (χ2v) is 5.03. The second kappa shape index (κ2) is 6.53. The number of hydrogen-bond acceptors (Lipinski definition) is 3. The molecule has 0 heterocycles. The lowest BCUT2D eigenvalue weighted by Crippen LogP contribution is -2.15. The Hall–Kier alpha value is -2.47. The number of amides is 1. The molecule has 2 rings (SSSR count). The number of para-hydroxylation sites is 1. The molecular formula is C15H12ClFN2O3. The number of alkyl halides is 1. The number of nitro groups is 1. The van der Waals surface area contributed by atoms with Crippen molar-refractivity contribution in [2.75, 3.05) is 5.32 Å². The number of nitrogens with zero attached hydrogens (tertiary/aromatic N) is 1. The van der Waals surface area contributed by atoms with Gasteiger partial charge >= 0.3 is 0 Å². The first-order chi connectivity index (χ1) is 10.4. The lowest BCUT2D eigenvalue weighted by atomic mass is 10.1. The van der Waals surface area contributed by atoms with Gasteiger partial charge in [0.15, 0.2) is 0 Å². The fourth-order valence-corrected chi connectivity index (χ4v) is 2.22. The van der Waals surface area contributed by atoms with Crippen molar-refractivity contribution in [2.24, 2.45) is 0 Å². The predicted octanol–water partition coefficient (Wildman–Crippen LogP) is 4.28. The van der Waals surface area contributed by atoms with E-state index in [0.717, 1.165) is 17.7 Å². The largest absolute Gasteiger partial charge is 0.322 e. The van der Waals surface area contributed by atoms with Gasteiger partial charge in [-0.05, 0) is 30.2 Å². The van der Waals surface area contributed by atoms with Crippen LogP contribution in [0.3, 0.4) is 0 Å². The molecule has 0 fully saturated rings. The molecule has 0 bridgehead atoms. The van der Waals surface area contributed by atoms with E-state index < -0.39 is 23.2 Å². The van der Waals surface area contributed by atoms with Gasteiger partial charge in [-0.15, -0.1) is 0 Å². The SMILES string of the molecule is Cc1ccccc1NC(=O)c1cc([N+](=O)[O-])c(Cl)cc1CF. The van der Waals surface area contributed by atoms with Crippen LogP contribution in [-0.2, 0) is 6.67 Å². The van der Waals surface area contributed by atoms with Crippen LogP contribution in [0.5, 0.6) is 0 Å². The highest BCUT2D eigenvalue weighted by Crippen LogP contribution is 2.29. The summed E-state index contributed by atoms with van der Waals surface area (Å²) in [5.74, 6) is -0.623. The third kappa shape index (κ3) is 3.23. The third-order valence-corrected chi connectivity index (χ3v) is 3.45. The summed E-state index contributed by atoms with van der Waals surface area (Å²) in [7, 11) is 0. The molecule has 2 aromatic rings. The van der Waals surface area contributed by atoms with E-state index in [2.05, 4.69) is 5.32 Å². The zero-order valence-electron chi connectivity index (χ0n) is 11.6. The van der Waals surface area contributed by atoms with E-state index in [1.807, 2.05) is 6.07 Å². The van der Waals surface area contributed by atoms with E-state index >= 15 is 0 Å². The lowest BCUT2D eigenvalue weighted by Gasteiger charge is -2.11. The molecule has 0 aliphatic carbocycles. The molecular weight excluding hydrogens is 311 g/mol. The van der Waals surface area contributed by atoms with Crippen LogP contribution < -0.4 is 5.32 Å². The van der Waals surface area contributed by atoms with Gasteiger partial charge in [-0.1, -0.05) is 29.8 Å². The van der Waals surface area contributed by atoms with Crippen molar-refractivity contribution in [2.45, 2.75) is 13.6 Å². The number of benzene rings is 2. The van der Waals surface area contributed by atoms with E-state index in [1.165, 1.54) is 0 Å². The van der Waals surface area contributed by atoms with Crippen LogP contribution in [-0.4, -0.2) is 10.8 Å². The molecule has 5 nitrogen and oxygen atoms in total. The number of rotatable bonds is 4. The Morgan fingerprint density at radius 3 is 2.64 bits per heavy atom. The molecule has 2 aromatic carbocycles. The molecule has 0 spiro atoms. The highest BCUT2D eigenvalue weighted by Gasteiger charge is 2.21. The summed E-state index contributed by atoms with van der Waals surface area (Å²) < 4.78 is 13.1. The number of nitro benzene ring substituents is 1. The molecule has 0 aliphatic rings. The molecule has 1 N–H and O–H groups in total. The van der Waals surface area contributed by atoms with Crippen molar-refractivity contribution < 1.29 is 14.1 Å². The number of nitrogens with one attached hydrogen (secondary N) is 1. The zero-order valence-corrected chi connectivity index (χ0v) is 12.4. The van der Waals surface area contributed by atoms with Crippen LogP contribution in [0.4, 0.5) is 15.8 Å². The summed E-state index contributed by atoms with van der Waals surface area (Å²) >= 11 is 5.73. The first-order valence-corrected chi connectivity index (χ1v) is 6.71. The molecule has 0 atom stereocenters. The maximum atomic E-state index is 13.1. The topological polar surface area (TPSA) is 72.2 Å². The summed E-state index contributed by atoms with van der Waals surface area (Å²) in [5, 5.41) is 13.3. The van der Waals surface area contributed by atoms with Gasteiger partial charge in [0, 0.05) is 11.8 Å². The minimum absolute atomic E-state index is 0.00156. The molecule has 0 radical (unpaired) electrons. The van der Waals surface area contributed by atoms with Gasteiger partial charge in [-0.3, -0.25) is 14.9 Å². The number of anilines is 1. The van der Waals surface area contributed by atoms with Crippen LogP contribution in [0, 0.1) is 17.0 Å². The number of aryl methyl sites for hydroxylation is 1. The maximum Gasteiger partial charge on any atom is 0.288 e. The Morgan fingerprint density at radius 1 is 1.36 bits per heavy atom. The van der Waals surface area contributed by atoms with Crippen LogP contribution in [0.1, 0.15) is 21.5 Å². The van der Waals surface area contributed by atoms with Gasteiger partial charge in [0.1, 0.15) is 11.7 Å². The van der Waals surface area contributed by atoms with Crippen LogP contribution >= 0.6 is 11.6 Å². The zero-order chi connectivity index (χ0) is 16.3. The van der Waals surface area contributed by atoms with E-state index in [1.54, 1.807) is 25.1 Å². The molecule has 1 amide bonds. The van der Waals surface area contributed by atoms with Gasteiger partial charge in [0.25, 0.3) is 11.6 Å². The third-order valence-electron chi connectivity index (χ3n) is 3.15. The van der Waals surface area contributed by atoms with Crippen molar-refractivity contribution in [3.05, 3.63) is 68.2 Å². The monoisotopic (exact) mass is 322 g/mol. The Morgan fingerprint density at radius 2 is 2.05 bits per heavy atom. The van der Waals surface area contributed by atoms with Crippen molar-refractivity contribution in [1.82, 2.24) is 0 Å². The molecule has 0 unspecified atom stereocenters. The van der Waals surface area contributed by atoms with Crippen LogP contribution in [0.15, 0.2) is 36.4 Å². The predicted molar refractivity (Wildman–Crippen MR) is 82.1 cm³/mol. The number of carbonyl (C=O) groups excluding carboxylic acids is 1. The molecule has 0 saturated carbocycles. The Labute approximate surface area is 130 Å². The number of halogens is 2. The second-order valence-electron chi connectivity index (χ2n) is 4.62. The van der Waals surface area contributed by atoms with Crippen molar-refractivity contribution >= 4 is 28.9 Å². The quantitative estimate of drug-likeness (QED) is 0.674. The number of carbonyl (C=O) groups is 1. The highest BCUT2D eigenvalue weighted by molar-refractivity contribution is 6.33. The minimum Gasteiger partial charge on any atom is -0.322 e. The van der Waals surface area contributed by atoms with E-state index in [4.69, 9.17) is 11.6 Å². The standard InChI is InChI=1S/C15H12ClFN2O3/c1-9-4-2-3-5-13(9)18-15(20)11-7-14(19(21)22)12(16)6-10(11)8-17/h2-7H,8H2,1H3,(H,18,20). The highest BCUT2D eigenvalue weighted by atomic mass is 35.5. The average Bonchev–Trinajstić information content (AvgIpc) is 2.48. The first-order valence-electron chi connectivity index (χ1n) is 6.33. The summed E-state index contributed by atoms with van der Waals surface area (Å²) in [6.45, 7) is 0.851. The fourth-order valence-electron chi connectivity index (χ4n) is 1.97. The Balaban J connectivity index is 2.42. The van der Waals surface area contributed by atoms with Crippen LogP contribution in [0.25, 0.3) is 0 Å². The maximum absolute atomic E-state index is 13.1. The summed E-state index contributed by atoms with van der Waals surface area (Å²) in [4.78, 5) is 22.5. The lowest BCUT2D eigenvalue weighted by molar-refractivity contribution is -0.384. The van der Waals surface area contributed by atoms with Gasteiger partial charge < -0.3 is 5.32 Å². The normalized spacial score (nSPS) is 10.3. The van der Waals surface area contributed by atoms with Gasteiger partial charge in [0.05, 0.1) is 10.5 Å². The summed E-state index contributed by atoms with van der Waals surface area (Å²) in [6, 6.07) is 9.13. The summed E-state index contributed by atoms with van der Waals surface area (Å²) in [6.07, 6.45) is 0. The molecule has 0 saturated heterocycles. The smallest absolute Gasteiger partial charge is 0.288 e.